The van der Waals surface area contributed by atoms with Crippen LogP contribution in [0.25, 0.3) is 27.4 Å². The second-order valence-electron chi connectivity index (χ2n) is 19.8. The van der Waals surface area contributed by atoms with E-state index in [1.54, 1.807) is 38.5 Å². The SMILES string of the molecule is COc1nc(Cl)ccc1CNC1CCN(C)CC1.COc1nc(Nc2cc(-c3ccc(OC4CCOCC4)c(C#N)c3)ncn2)ccc1CNC1CCN(C)CC1.[C-]#[N+]c1cc(-c2cc(N)ncn2)ccc1OC1CCOCC1. The van der Waals surface area contributed by atoms with Crippen LogP contribution in [0.5, 0.6) is 23.3 Å². The summed E-state index contributed by atoms with van der Waals surface area (Å²) in [4.78, 5) is 33.9. The van der Waals surface area contributed by atoms with E-state index in [1.165, 1.54) is 25.5 Å². The fourth-order valence-electron chi connectivity index (χ4n) is 9.48. The molecule has 0 amide bonds. The average molecular weight is 1100 g/mol. The zero-order valence-electron chi connectivity index (χ0n) is 45.5. The van der Waals surface area contributed by atoms with Gasteiger partial charge in [-0.05, 0) is 126 Å². The summed E-state index contributed by atoms with van der Waals surface area (Å²) in [6.45, 7) is 16.2. The van der Waals surface area contributed by atoms with E-state index < -0.39 is 0 Å². The van der Waals surface area contributed by atoms with Crippen LogP contribution < -0.4 is 40.6 Å². The predicted octanol–water partition coefficient (Wildman–Crippen LogP) is 8.67. The molecule has 0 unspecified atom stereocenters. The van der Waals surface area contributed by atoms with Gasteiger partial charge in [-0.1, -0.05) is 17.7 Å². The summed E-state index contributed by atoms with van der Waals surface area (Å²) in [6.07, 6.45) is 11.1. The average Bonchev–Trinajstić information content (AvgIpc) is 3.48. The lowest BCUT2D eigenvalue weighted by atomic mass is 10.1. The molecule has 416 valence electrons. The number of methoxy groups -OCH3 is 2. The number of hydrogen-bond donors (Lipinski definition) is 4. The van der Waals surface area contributed by atoms with Gasteiger partial charge in [-0.15, -0.1) is 0 Å². The minimum Gasteiger partial charge on any atom is -0.501 e. The highest BCUT2D eigenvalue weighted by Gasteiger charge is 2.22. The maximum absolute atomic E-state index is 9.74. The van der Waals surface area contributed by atoms with Crippen molar-refractivity contribution in [2.45, 2.75) is 88.7 Å². The first-order valence-electron chi connectivity index (χ1n) is 26.8. The van der Waals surface area contributed by atoms with Crippen molar-refractivity contribution >= 4 is 34.7 Å². The summed E-state index contributed by atoms with van der Waals surface area (Å²) in [7, 11) is 7.59. The molecule has 20 nitrogen and oxygen atoms in total. The van der Waals surface area contributed by atoms with Gasteiger partial charge < -0.3 is 59.9 Å². The van der Waals surface area contributed by atoms with Crippen molar-refractivity contribution in [3.8, 4) is 51.8 Å². The Labute approximate surface area is 468 Å². The lowest BCUT2D eigenvalue weighted by Gasteiger charge is -2.29. The molecule has 4 aromatic heterocycles. The number of halogens is 1. The Morgan fingerprint density at radius 1 is 0.658 bits per heavy atom. The van der Waals surface area contributed by atoms with Crippen LogP contribution in [-0.2, 0) is 22.6 Å². The van der Waals surface area contributed by atoms with Crippen LogP contribution >= 0.6 is 11.6 Å². The fraction of sp³-hybridized carbons (Fsp3) is 0.448. The second kappa shape index (κ2) is 29.6. The van der Waals surface area contributed by atoms with Gasteiger partial charge in [-0.25, -0.2) is 29.8 Å². The summed E-state index contributed by atoms with van der Waals surface area (Å²) in [5.74, 6) is 3.99. The molecular formula is C58H71ClN14O6. The zero-order chi connectivity index (χ0) is 55.3. The molecule has 0 spiro atoms. The number of aromatic nitrogens is 6. The molecule has 4 aliphatic heterocycles. The van der Waals surface area contributed by atoms with Crippen molar-refractivity contribution in [1.82, 2.24) is 50.3 Å². The quantitative estimate of drug-likeness (QED) is 0.0525. The fourth-order valence-corrected chi connectivity index (χ4v) is 9.62. The third-order valence-corrected chi connectivity index (χ3v) is 14.3. The number of likely N-dealkylation sites (tertiary alicyclic amines) is 2. The molecule has 4 aliphatic rings. The molecule has 5 N–H and O–H groups in total. The van der Waals surface area contributed by atoms with Gasteiger partial charge in [0.15, 0.2) is 0 Å². The number of nitrogen functional groups attached to an aromatic ring is 1. The molecule has 6 aromatic rings. The normalized spacial score (nSPS) is 16.7. The van der Waals surface area contributed by atoms with Crippen molar-refractivity contribution < 1.29 is 28.4 Å². The van der Waals surface area contributed by atoms with Crippen molar-refractivity contribution in [1.29, 1.82) is 5.26 Å². The third kappa shape index (κ3) is 17.4. The number of nitriles is 1. The molecule has 79 heavy (non-hydrogen) atoms. The molecule has 8 heterocycles. The number of nitrogens with one attached hydrogen (secondary N) is 3. The number of anilines is 3. The van der Waals surface area contributed by atoms with Gasteiger partial charge in [0.05, 0.1) is 64.2 Å². The smallest absolute Gasteiger partial charge is 0.228 e. The highest BCUT2D eigenvalue weighted by atomic mass is 35.5. The molecule has 4 saturated heterocycles. The lowest BCUT2D eigenvalue weighted by Crippen LogP contribution is -2.40. The standard InChI is InChI=1S/C29H35N7O3.C16H16N4O2.C13H20ClN3O/c1-36-11-7-23(8-12-36)31-18-21-4-6-27(35-29(21)37-2)34-28-16-25(32-19-33-28)20-3-5-26(22(15-20)17-30)39-24-9-13-38-14-10-24;1-18-14-8-11(13-9-16(17)20-10-19-13)2-3-15(14)22-12-4-6-21-7-5-12;1-17-7-5-11(6-8-17)15-9-10-3-4-12(14)16-13(10)18-2/h3-6,15-16,19,23-24,31H,7-14,18H2,1-2H3,(H,32,33,34,35);2-3,8-10,12H,4-7H2,(H2,17,19,20);3-4,11,15H,5-9H2,1-2H3. The zero-order valence-corrected chi connectivity index (χ0v) is 46.3. The number of piperidine rings is 2. The lowest BCUT2D eigenvalue weighted by molar-refractivity contribution is 0.0253. The molecule has 4 fully saturated rings. The minimum atomic E-state index is 0.0625. The van der Waals surface area contributed by atoms with Gasteiger partial charge in [-0.3, -0.25) is 0 Å². The summed E-state index contributed by atoms with van der Waals surface area (Å²) < 4.78 is 33.6. The number of rotatable bonds is 16. The molecule has 0 aliphatic carbocycles. The highest BCUT2D eigenvalue weighted by Crippen LogP contribution is 2.35. The summed E-state index contributed by atoms with van der Waals surface area (Å²) >= 11 is 5.84. The van der Waals surface area contributed by atoms with Crippen LogP contribution in [0.4, 0.5) is 23.1 Å². The van der Waals surface area contributed by atoms with Crippen molar-refractivity contribution in [3.05, 3.63) is 119 Å². The first-order valence-corrected chi connectivity index (χ1v) is 27.2. The molecule has 21 heteroatoms. The van der Waals surface area contributed by atoms with E-state index in [0.29, 0.717) is 114 Å². The van der Waals surface area contributed by atoms with Crippen LogP contribution in [0.2, 0.25) is 5.15 Å². The number of hydrogen-bond acceptors (Lipinski definition) is 19. The largest absolute Gasteiger partial charge is 0.501 e. The first-order chi connectivity index (χ1) is 38.6. The van der Waals surface area contributed by atoms with E-state index in [4.69, 9.17) is 52.3 Å². The van der Waals surface area contributed by atoms with E-state index in [1.807, 2.05) is 48.5 Å². The Hall–Kier alpha value is -7.27. The van der Waals surface area contributed by atoms with Crippen molar-refractivity contribution in [2.24, 2.45) is 0 Å². The topological polar surface area (TPSA) is 229 Å². The maximum atomic E-state index is 9.74. The minimum absolute atomic E-state index is 0.0625. The molecule has 0 atom stereocenters. The van der Waals surface area contributed by atoms with E-state index in [-0.39, 0.29) is 12.2 Å². The number of ether oxygens (including phenoxy) is 6. The van der Waals surface area contributed by atoms with Gasteiger partial charge in [-0.2, -0.15) is 10.2 Å². The maximum Gasteiger partial charge on any atom is 0.228 e. The first kappa shape index (κ1) is 57.9. The van der Waals surface area contributed by atoms with E-state index in [2.05, 4.69) is 80.7 Å². The summed E-state index contributed by atoms with van der Waals surface area (Å²) in [5, 5.41) is 20.7. The monoisotopic (exact) mass is 1090 g/mol. The Morgan fingerprint density at radius 2 is 1.19 bits per heavy atom. The van der Waals surface area contributed by atoms with Crippen LogP contribution in [0.1, 0.15) is 68.1 Å². The number of benzene rings is 2. The van der Waals surface area contributed by atoms with Gasteiger partial charge in [0.2, 0.25) is 17.4 Å². The van der Waals surface area contributed by atoms with Crippen molar-refractivity contribution in [2.75, 3.05) is 92.0 Å². The van der Waals surface area contributed by atoms with Crippen LogP contribution in [-0.4, -0.2) is 145 Å². The van der Waals surface area contributed by atoms with Gasteiger partial charge in [0, 0.05) is 79.7 Å². The molecule has 0 radical (unpaired) electrons. The third-order valence-electron chi connectivity index (χ3n) is 14.1. The van der Waals surface area contributed by atoms with Gasteiger partial charge >= 0.3 is 0 Å². The van der Waals surface area contributed by atoms with E-state index in [9.17, 15) is 5.26 Å². The molecule has 2 aromatic carbocycles. The molecule has 0 saturated carbocycles. The van der Waals surface area contributed by atoms with Crippen LogP contribution in [0.15, 0.2) is 85.5 Å². The highest BCUT2D eigenvalue weighted by molar-refractivity contribution is 6.29. The number of pyridine rings is 2. The Balaban J connectivity index is 0.000000173. The molecule has 10 rings (SSSR count). The summed E-state index contributed by atoms with van der Waals surface area (Å²) in [6, 6.07) is 25.6. The van der Waals surface area contributed by atoms with Crippen LogP contribution in [0.3, 0.4) is 0 Å². The van der Waals surface area contributed by atoms with E-state index >= 15 is 0 Å². The summed E-state index contributed by atoms with van der Waals surface area (Å²) in [5.41, 5.74) is 11.7. The second-order valence-corrected chi connectivity index (χ2v) is 20.2. The predicted molar refractivity (Wildman–Crippen MR) is 304 cm³/mol. The van der Waals surface area contributed by atoms with Crippen molar-refractivity contribution in [3.63, 3.8) is 0 Å². The number of nitrogens with two attached hydrogens (primary N) is 1. The number of nitrogens with zero attached hydrogens (tertiary/aromatic N) is 10. The Kier molecular flexibility index (Phi) is 21.7. The molecule has 0 bridgehead atoms. The molecular weight excluding hydrogens is 1020 g/mol. The van der Waals surface area contributed by atoms with Crippen LogP contribution in [0, 0.1) is 17.9 Å². The Bertz CT molecular complexity index is 2990. The Morgan fingerprint density at radius 3 is 1.76 bits per heavy atom. The van der Waals surface area contributed by atoms with Gasteiger partial charge in [0.1, 0.15) is 65.0 Å². The van der Waals surface area contributed by atoms with E-state index in [0.717, 1.165) is 93.5 Å². The van der Waals surface area contributed by atoms with Gasteiger partial charge in [0.25, 0.3) is 0 Å².